The van der Waals surface area contributed by atoms with Crippen LogP contribution >= 0.6 is 15.9 Å². The van der Waals surface area contributed by atoms with Gasteiger partial charge in [0.15, 0.2) is 11.5 Å². The van der Waals surface area contributed by atoms with Crippen LogP contribution < -0.4 is 14.8 Å². The summed E-state index contributed by atoms with van der Waals surface area (Å²) >= 11 is 3.69. The molecule has 1 fully saturated rings. The van der Waals surface area contributed by atoms with Crippen molar-refractivity contribution in [3.63, 3.8) is 0 Å². The zero-order chi connectivity index (χ0) is 19.1. The lowest BCUT2D eigenvalue weighted by Gasteiger charge is -2.23. The van der Waals surface area contributed by atoms with Crippen molar-refractivity contribution in [2.24, 2.45) is 0 Å². The van der Waals surface area contributed by atoms with Crippen molar-refractivity contribution in [2.45, 2.75) is 65.1 Å². The molecule has 146 valence electrons. The molecule has 0 saturated heterocycles. The minimum atomic E-state index is 0.528. The summed E-state index contributed by atoms with van der Waals surface area (Å²) in [6.07, 6.45) is 6.65. The average Bonchev–Trinajstić information content (AvgIpc) is 2.67. The summed E-state index contributed by atoms with van der Waals surface area (Å²) in [6, 6.07) is 13.3. The van der Waals surface area contributed by atoms with E-state index in [1.54, 1.807) is 0 Å². The minimum absolute atomic E-state index is 0.528. The average molecular weight is 432 g/mol. The summed E-state index contributed by atoms with van der Waals surface area (Å²) < 4.78 is 12.9. The molecule has 0 radical (unpaired) electrons. The number of hydrogen-bond donors (Lipinski definition) is 1. The summed E-state index contributed by atoms with van der Waals surface area (Å²) in [7, 11) is 0. The van der Waals surface area contributed by atoms with Gasteiger partial charge in [-0.05, 0) is 65.9 Å². The van der Waals surface area contributed by atoms with Crippen molar-refractivity contribution in [1.82, 2.24) is 5.32 Å². The predicted octanol–water partition coefficient (Wildman–Crippen LogP) is 6.16. The third-order valence-corrected chi connectivity index (χ3v) is 5.62. The normalized spacial score (nSPS) is 14.9. The minimum Gasteiger partial charge on any atom is -0.490 e. The van der Waals surface area contributed by atoms with E-state index in [9.17, 15) is 0 Å². The van der Waals surface area contributed by atoms with E-state index in [-0.39, 0.29) is 0 Å². The van der Waals surface area contributed by atoms with Crippen LogP contribution in [0.1, 0.15) is 55.7 Å². The highest BCUT2D eigenvalue weighted by atomic mass is 79.9. The number of benzene rings is 2. The predicted molar refractivity (Wildman–Crippen MR) is 115 cm³/mol. The number of nitrogens with one attached hydrogen (secondary N) is 1. The second-order valence-electron chi connectivity index (χ2n) is 7.33. The third-order valence-electron chi connectivity index (χ3n) is 5.03. The Bertz CT molecular complexity index is 741. The smallest absolute Gasteiger partial charge is 0.175 e. The van der Waals surface area contributed by atoms with Gasteiger partial charge < -0.3 is 14.8 Å². The zero-order valence-corrected chi connectivity index (χ0v) is 18.0. The summed E-state index contributed by atoms with van der Waals surface area (Å²) in [5.74, 6) is 1.58. The Morgan fingerprint density at radius 2 is 1.85 bits per heavy atom. The van der Waals surface area contributed by atoms with E-state index in [2.05, 4.69) is 64.6 Å². The molecule has 0 aliphatic heterocycles. The van der Waals surface area contributed by atoms with Crippen LogP contribution in [0.2, 0.25) is 0 Å². The first-order valence-corrected chi connectivity index (χ1v) is 10.8. The van der Waals surface area contributed by atoms with Crippen LogP contribution in [0.4, 0.5) is 0 Å². The fourth-order valence-corrected chi connectivity index (χ4v) is 4.26. The Balaban J connectivity index is 1.69. The second-order valence-corrected chi connectivity index (χ2v) is 8.19. The first kappa shape index (κ1) is 20.2. The van der Waals surface area contributed by atoms with Crippen molar-refractivity contribution < 1.29 is 9.47 Å². The van der Waals surface area contributed by atoms with Crippen molar-refractivity contribution in [3.05, 3.63) is 57.6 Å². The molecule has 0 amide bonds. The summed E-state index contributed by atoms with van der Waals surface area (Å²) in [5, 5.41) is 3.70. The number of ether oxygens (including phenoxy) is 2. The van der Waals surface area contributed by atoms with Crippen LogP contribution in [0.25, 0.3) is 0 Å². The highest BCUT2D eigenvalue weighted by Crippen LogP contribution is 2.37. The van der Waals surface area contributed by atoms with Gasteiger partial charge in [-0.3, -0.25) is 0 Å². The molecule has 2 aromatic carbocycles. The molecule has 0 aromatic heterocycles. The van der Waals surface area contributed by atoms with E-state index >= 15 is 0 Å². The summed E-state index contributed by atoms with van der Waals surface area (Å²) in [4.78, 5) is 0. The van der Waals surface area contributed by atoms with Gasteiger partial charge in [-0.25, -0.2) is 0 Å². The quantitative estimate of drug-likeness (QED) is 0.542. The number of hydrogen-bond acceptors (Lipinski definition) is 3. The van der Waals surface area contributed by atoms with Gasteiger partial charge in [-0.15, -0.1) is 0 Å². The SMILES string of the molecule is CCOc1cc(CNC2CCCCC2)cc(Br)c1OCc1cccc(C)c1. The van der Waals surface area contributed by atoms with Gasteiger partial charge in [0.05, 0.1) is 11.1 Å². The molecule has 1 aliphatic carbocycles. The molecule has 3 rings (SSSR count). The van der Waals surface area contributed by atoms with Crippen LogP contribution in [0, 0.1) is 6.92 Å². The van der Waals surface area contributed by atoms with Gasteiger partial charge in [0.2, 0.25) is 0 Å². The van der Waals surface area contributed by atoms with E-state index in [0.717, 1.165) is 28.1 Å². The molecular formula is C23H30BrNO2. The van der Waals surface area contributed by atoms with E-state index in [0.29, 0.717) is 19.3 Å². The fraction of sp³-hybridized carbons (Fsp3) is 0.478. The first-order valence-electron chi connectivity index (χ1n) is 10.0. The maximum Gasteiger partial charge on any atom is 0.175 e. The topological polar surface area (TPSA) is 30.5 Å². The van der Waals surface area contributed by atoms with Crippen molar-refractivity contribution in [3.8, 4) is 11.5 Å². The maximum absolute atomic E-state index is 6.12. The molecule has 0 heterocycles. The lowest BCUT2D eigenvalue weighted by atomic mass is 9.95. The Labute approximate surface area is 171 Å². The number of halogens is 1. The van der Waals surface area contributed by atoms with Crippen molar-refractivity contribution in [2.75, 3.05) is 6.61 Å². The molecule has 0 atom stereocenters. The van der Waals surface area contributed by atoms with Crippen LogP contribution in [-0.4, -0.2) is 12.6 Å². The monoisotopic (exact) mass is 431 g/mol. The standard InChI is InChI=1S/C23H30BrNO2/c1-3-26-22-14-19(15-25-20-10-5-4-6-11-20)13-21(24)23(22)27-16-18-9-7-8-17(2)12-18/h7-9,12-14,20,25H,3-6,10-11,15-16H2,1-2H3. The lowest BCUT2D eigenvalue weighted by Crippen LogP contribution is -2.30. The van der Waals surface area contributed by atoms with Crippen LogP contribution in [0.15, 0.2) is 40.9 Å². The molecular weight excluding hydrogens is 402 g/mol. The first-order chi connectivity index (χ1) is 13.2. The van der Waals surface area contributed by atoms with E-state index in [4.69, 9.17) is 9.47 Å². The van der Waals surface area contributed by atoms with Crippen LogP contribution in [0.5, 0.6) is 11.5 Å². The largest absolute Gasteiger partial charge is 0.490 e. The molecule has 3 nitrogen and oxygen atoms in total. The Morgan fingerprint density at radius 1 is 1.04 bits per heavy atom. The molecule has 1 saturated carbocycles. The van der Waals surface area contributed by atoms with E-state index in [1.807, 2.05) is 6.92 Å². The van der Waals surface area contributed by atoms with E-state index < -0.39 is 0 Å². The summed E-state index contributed by atoms with van der Waals surface area (Å²) in [6.45, 7) is 6.11. The highest BCUT2D eigenvalue weighted by molar-refractivity contribution is 9.10. The van der Waals surface area contributed by atoms with Crippen molar-refractivity contribution in [1.29, 1.82) is 0 Å². The zero-order valence-electron chi connectivity index (χ0n) is 16.4. The number of rotatable bonds is 8. The van der Waals surface area contributed by atoms with Gasteiger partial charge in [0, 0.05) is 12.6 Å². The van der Waals surface area contributed by atoms with Gasteiger partial charge >= 0.3 is 0 Å². The van der Waals surface area contributed by atoms with Crippen molar-refractivity contribution >= 4 is 15.9 Å². The fourth-order valence-electron chi connectivity index (χ4n) is 3.65. The Hall–Kier alpha value is -1.52. The molecule has 0 bridgehead atoms. The Morgan fingerprint density at radius 3 is 2.59 bits per heavy atom. The lowest BCUT2D eigenvalue weighted by molar-refractivity contribution is 0.267. The van der Waals surface area contributed by atoms with Gasteiger partial charge in [0.25, 0.3) is 0 Å². The Kier molecular flexibility index (Phi) is 7.59. The molecule has 0 spiro atoms. The third kappa shape index (κ3) is 5.98. The number of aryl methyl sites for hydroxylation is 1. The van der Waals surface area contributed by atoms with E-state index in [1.165, 1.54) is 43.2 Å². The summed E-state index contributed by atoms with van der Waals surface area (Å²) in [5.41, 5.74) is 3.62. The maximum atomic E-state index is 6.12. The molecule has 1 aliphatic rings. The molecule has 1 N–H and O–H groups in total. The highest BCUT2D eigenvalue weighted by Gasteiger charge is 2.15. The molecule has 27 heavy (non-hydrogen) atoms. The van der Waals surface area contributed by atoms with Gasteiger partial charge in [0.1, 0.15) is 6.61 Å². The molecule has 0 unspecified atom stereocenters. The van der Waals surface area contributed by atoms with Crippen LogP contribution in [-0.2, 0) is 13.2 Å². The molecule has 2 aromatic rings. The van der Waals surface area contributed by atoms with Crippen LogP contribution in [0.3, 0.4) is 0 Å². The van der Waals surface area contributed by atoms with Gasteiger partial charge in [-0.2, -0.15) is 0 Å². The molecule has 4 heteroatoms. The van der Waals surface area contributed by atoms with Gasteiger partial charge in [-0.1, -0.05) is 49.1 Å². The second kappa shape index (κ2) is 10.1.